The van der Waals surface area contributed by atoms with Gasteiger partial charge >= 0.3 is 75.9 Å². The van der Waals surface area contributed by atoms with Crippen LogP contribution in [-0.2, 0) is 0 Å². The maximum absolute atomic E-state index is 10.4. The molecular formula is C6H9NO2SSn. The van der Waals surface area contributed by atoms with Gasteiger partial charge in [-0.3, -0.25) is 0 Å². The predicted octanol–water partition coefficient (Wildman–Crippen LogP) is 0.535. The molecule has 0 radical (unpaired) electrons. The quantitative estimate of drug-likeness (QED) is 0.803. The monoisotopic (exact) mass is 279 g/mol. The second-order valence-corrected chi connectivity index (χ2v) is 12.8. The van der Waals surface area contributed by atoms with Crippen LogP contribution >= 0.6 is 11.3 Å². The van der Waals surface area contributed by atoms with Gasteiger partial charge in [-0.1, -0.05) is 0 Å². The summed E-state index contributed by atoms with van der Waals surface area (Å²) in [6.45, 7) is 0. The van der Waals surface area contributed by atoms with Gasteiger partial charge in [0.2, 0.25) is 0 Å². The molecule has 11 heavy (non-hydrogen) atoms. The summed E-state index contributed by atoms with van der Waals surface area (Å²) in [6.07, 6.45) is 0. The molecule has 1 heterocycles. The molecule has 0 aliphatic carbocycles. The Hall–Kier alpha value is -0.101. The molecule has 0 aliphatic heterocycles. The van der Waals surface area contributed by atoms with Gasteiger partial charge < -0.3 is 0 Å². The van der Waals surface area contributed by atoms with E-state index in [1.807, 2.05) is 0 Å². The Morgan fingerprint density at radius 3 is 2.64 bits per heavy atom. The minimum absolute atomic E-state index is 0.204. The van der Waals surface area contributed by atoms with Crippen LogP contribution in [0, 0.1) is 0 Å². The summed E-state index contributed by atoms with van der Waals surface area (Å²) in [7, 11) is 0. The summed E-state index contributed by atoms with van der Waals surface area (Å²) >= 11 is -0.0415. The van der Waals surface area contributed by atoms with Crippen LogP contribution in [-0.4, -0.2) is 35.8 Å². The van der Waals surface area contributed by atoms with E-state index in [4.69, 9.17) is 5.11 Å². The van der Waals surface area contributed by atoms with Crippen molar-refractivity contribution in [3.05, 3.63) is 11.1 Å². The first kappa shape index (κ1) is 8.99. The Bertz CT molecular complexity index is 271. The molecule has 3 nitrogen and oxygen atoms in total. The molecule has 5 heteroatoms. The maximum atomic E-state index is 10.4. The summed E-state index contributed by atoms with van der Waals surface area (Å²) in [4.78, 5) is 18.8. The van der Waals surface area contributed by atoms with E-state index in [2.05, 4.69) is 14.9 Å². The number of nitrogens with zero attached hydrogens (tertiary/aromatic N) is 1. The first-order valence-electron chi connectivity index (χ1n) is 3.30. The standard InChI is InChI=1S/C4H2NO2S.2CH3.Sn.H/c6-4(7)3-1-8-2-5-3;;;;/h1H,(H,6,7);2*1H3;;. The summed E-state index contributed by atoms with van der Waals surface area (Å²) in [5.74, 6) is -0.917. The minimum atomic E-state index is -1.53. The van der Waals surface area contributed by atoms with Gasteiger partial charge in [0.05, 0.1) is 0 Å². The van der Waals surface area contributed by atoms with Crippen LogP contribution < -0.4 is 3.02 Å². The zero-order valence-electron chi connectivity index (χ0n) is 6.37. The van der Waals surface area contributed by atoms with Gasteiger partial charge in [0.15, 0.2) is 0 Å². The molecule has 1 aromatic heterocycles. The van der Waals surface area contributed by atoms with Crippen molar-refractivity contribution in [2.24, 2.45) is 0 Å². The Kier molecular flexibility index (Phi) is 2.89. The zero-order chi connectivity index (χ0) is 8.43. The molecule has 0 saturated carbocycles. The Morgan fingerprint density at radius 2 is 2.36 bits per heavy atom. The molecule has 1 aromatic rings. The molecule has 0 saturated heterocycles. The SMILES string of the molecule is [CH3][SnH]([CH3])[c]1nc(C(=O)O)cs1. The molecule has 0 aromatic carbocycles. The van der Waals surface area contributed by atoms with Crippen molar-refractivity contribution in [1.82, 2.24) is 4.98 Å². The molecule has 0 amide bonds. The molecule has 0 unspecified atom stereocenters. The van der Waals surface area contributed by atoms with E-state index in [9.17, 15) is 4.79 Å². The average Bonchev–Trinajstić information content (AvgIpc) is 2.33. The van der Waals surface area contributed by atoms with Crippen molar-refractivity contribution in [3.8, 4) is 0 Å². The Labute approximate surface area is 75.8 Å². The van der Waals surface area contributed by atoms with Crippen molar-refractivity contribution in [3.63, 3.8) is 0 Å². The van der Waals surface area contributed by atoms with E-state index in [0.717, 1.165) is 3.02 Å². The van der Waals surface area contributed by atoms with Crippen molar-refractivity contribution < 1.29 is 9.90 Å². The van der Waals surface area contributed by atoms with Crippen molar-refractivity contribution in [2.45, 2.75) is 9.88 Å². The molecule has 0 fully saturated rings. The molecule has 0 bridgehead atoms. The van der Waals surface area contributed by atoms with E-state index in [0.29, 0.717) is 0 Å². The molecule has 1 rings (SSSR count). The number of carboxylic acids is 1. The topological polar surface area (TPSA) is 50.2 Å². The fraction of sp³-hybridized carbons (Fsp3) is 0.333. The molecule has 0 spiro atoms. The molecular weight excluding hydrogens is 269 g/mol. The number of aromatic carboxylic acids is 1. The Balaban J connectivity index is 2.90. The van der Waals surface area contributed by atoms with E-state index in [-0.39, 0.29) is 5.69 Å². The summed E-state index contributed by atoms with van der Waals surface area (Å²) in [5.41, 5.74) is 0.204. The van der Waals surface area contributed by atoms with Crippen molar-refractivity contribution in [2.75, 3.05) is 0 Å². The van der Waals surface area contributed by atoms with Gasteiger partial charge in [-0.2, -0.15) is 0 Å². The average molecular weight is 278 g/mol. The normalized spacial score (nSPS) is 10.5. The van der Waals surface area contributed by atoms with Gasteiger partial charge in [-0.15, -0.1) is 0 Å². The molecule has 0 atom stereocenters. The van der Waals surface area contributed by atoms with Gasteiger partial charge in [0.1, 0.15) is 0 Å². The van der Waals surface area contributed by atoms with E-state index >= 15 is 0 Å². The van der Waals surface area contributed by atoms with Gasteiger partial charge in [0.25, 0.3) is 0 Å². The second-order valence-electron chi connectivity index (χ2n) is 2.53. The molecule has 60 valence electrons. The number of aromatic nitrogens is 1. The fourth-order valence-corrected chi connectivity index (χ4v) is 5.51. The van der Waals surface area contributed by atoms with Crippen LogP contribution in [0.4, 0.5) is 0 Å². The summed E-state index contributed by atoms with van der Waals surface area (Å²) in [5, 5.41) is 10.2. The first-order valence-corrected chi connectivity index (χ1v) is 12.4. The summed E-state index contributed by atoms with van der Waals surface area (Å²) in [6, 6.07) is 0. The van der Waals surface area contributed by atoms with Crippen molar-refractivity contribution in [1.29, 1.82) is 0 Å². The third-order valence-electron chi connectivity index (χ3n) is 1.23. The van der Waals surface area contributed by atoms with Gasteiger partial charge in [0, 0.05) is 0 Å². The number of carboxylic acid groups (broad SMARTS) is 1. The number of hydrogen-bond donors (Lipinski definition) is 1. The number of rotatable bonds is 2. The third-order valence-corrected chi connectivity index (χ3v) is 9.42. The van der Waals surface area contributed by atoms with Crippen LogP contribution in [0.15, 0.2) is 5.38 Å². The fourth-order valence-electron chi connectivity index (χ4n) is 0.651. The third kappa shape index (κ3) is 2.16. The number of carbonyl (C=O) groups is 1. The van der Waals surface area contributed by atoms with Gasteiger partial charge in [-0.25, -0.2) is 0 Å². The van der Waals surface area contributed by atoms with Crippen LogP contribution in [0.3, 0.4) is 0 Å². The van der Waals surface area contributed by atoms with E-state index in [1.165, 1.54) is 11.3 Å². The van der Waals surface area contributed by atoms with Gasteiger partial charge in [-0.05, 0) is 0 Å². The van der Waals surface area contributed by atoms with Crippen LogP contribution in [0.5, 0.6) is 0 Å². The molecule has 1 N–H and O–H groups in total. The second kappa shape index (κ2) is 3.53. The van der Waals surface area contributed by atoms with Crippen LogP contribution in [0.25, 0.3) is 0 Å². The van der Waals surface area contributed by atoms with Crippen molar-refractivity contribution >= 4 is 40.1 Å². The zero-order valence-corrected chi connectivity index (χ0v) is 10.5. The molecule has 0 aliphatic rings. The van der Waals surface area contributed by atoms with Crippen LogP contribution in [0.1, 0.15) is 10.5 Å². The Morgan fingerprint density at radius 1 is 1.73 bits per heavy atom. The number of hydrogen-bond acceptors (Lipinski definition) is 3. The first-order chi connectivity index (χ1) is 5.11. The summed E-state index contributed by atoms with van der Waals surface area (Å²) < 4.78 is 1.09. The number of thiazole rings is 1. The predicted molar refractivity (Wildman–Crippen MR) is 47.6 cm³/mol. The van der Waals surface area contributed by atoms with Crippen LogP contribution in [0.2, 0.25) is 9.88 Å². The van der Waals surface area contributed by atoms with E-state index < -0.39 is 25.7 Å². The van der Waals surface area contributed by atoms with E-state index in [1.54, 1.807) is 5.38 Å².